The number of ether oxygens (including phenoxy) is 1. The van der Waals surface area contributed by atoms with Crippen molar-refractivity contribution in [3.8, 4) is 0 Å². The molecule has 91 valence electrons. The summed E-state index contributed by atoms with van der Waals surface area (Å²) in [5, 5.41) is 0. The van der Waals surface area contributed by atoms with Gasteiger partial charge in [-0.2, -0.15) is 0 Å². The van der Waals surface area contributed by atoms with E-state index >= 15 is 0 Å². The highest BCUT2D eigenvalue weighted by molar-refractivity contribution is 5.20. The van der Waals surface area contributed by atoms with E-state index in [2.05, 4.69) is 50.3 Å². The molecule has 1 saturated heterocycles. The molecule has 1 fully saturated rings. The molecule has 2 rings (SSSR count). The Balaban J connectivity index is 2.14. The van der Waals surface area contributed by atoms with Crippen molar-refractivity contribution in [2.75, 3.05) is 0 Å². The largest absolute Gasteiger partial charge is 0.366 e. The van der Waals surface area contributed by atoms with Gasteiger partial charge in [-0.15, -0.1) is 0 Å². The van der Waals surface area contributed by atoms with E-state index in [1.54, 1.807) is 0 Å². The average Bonchev–Trinajstić information content (AvgIpc) is 2.39. The third kappa shape index (κ3) is 2.78. The number of hydrogen-bond acceptors (Lipinski definition) is 1. The molecule has 0 N–H and O–H groups in total. The Labute approximate surface area is 104 Å². The molecule has 0 spiro atoms. The Morgan fingerprint density at radius 3 is 2.53 bits per heavy atom. The van der Waals surface area contributed by atoms with Crippen molar-refractivity contribution in [3.05, 3.63) is 47.5 Å². The summed E-state index contributed by atoms with van der Waals surface area (Å²) in [6.07, 6.45) is 5.97. The predicted octanol–water partition coefficient (Wildman–Crippen LogP) is 4.31. The maximum Gasteiger partial charge on any atom is 0.0836 e. The van der Waals surface area contributed by atoms with Gasteiger partial charge in [-0.1, -0.05) is 44.2 Å². The SMILES string of the molecule is C/[C]=C1/CCC(c2ccccc2)OC1C(C)C. The van der Waals surface area contributed by atoms with Crippen LogP contribution in [0.4, 0.5) is 0 Å². The molecule has 1 heterocycles. The molecule has 1 aromatic rings. The van der Waals surface area contributed by atoms with Gasteiger partial charge >= 0.3 is 0 Å². The molecule has 0 bridgehead atoms. The Morgan fingerprint density at radius 2 is 1.94 bits per heavy atom. The normalized spacial score (nSPS) is 27.6. The quantitative estimate of drug-likeness (QED) is 0.734. The lowest BCUT2D eigenvalue weighted by Gasteiger charge is -2.34. The van der Waals surface area contributed by atoms with Crippen LogP contribution in [0.2, 0.25) is 0 Å². The van der Waals surface area contributed by atoms with Gasteiger partial charge in [-0.25, -0.2) is 0 Å². The molecule has 1 heteroatoms. The summed E-state index contributed by atoms with van der Waals surface area (Å²) in [4.78, 5) is 0. The number of benzene rings is 1. The van der Waals surface area contributed by atoms with Crippen molar-refractivity contribution in [3.63, 3.8) is 0 Å². The fourth-order valence-corrected chi connectivity index (χ4v) is 2.50. The van der Waals surface area contributed by atoms with Crippen molar-refractivity contribution in [1.29, 1.82) is 0 Å². The van der Waals surface area contributed by atoms with Crippen LogP contribution in [0.3, 0.4) is 0 Å². The highest BCUT2D eigenvalue weighted by Gasteiger charge is 2.28. The van der Waals surface area contributed by atoms with E-state index in [1.807, 2.05) is 6.92 Å². The highest BCUT2D eigenvalue weighted by atomic mass is 16.5. The zero-order valence-electron chi connectivity index (χ0n) is 10.9. The molecule has 1 aromatic carbocycles. The molecular weight excluding hydrogens is 208 g/mol. The zero-order valence-corrected chi connectivity index (χ0v) is 10.9. The summed E-state index contributed by atoms with van der Waals surface area (Å²) in [5.74, 6) is 0.518. The second-order valence-corrected chi connectivity index (χ2v) is 5.01. The Kier molecular flexibility index (Phi) is 4.01. The molecule has 17 heavy (non-hydrogen) atoms. The predicted molar refractivity (Wildman–Crippen MR) is 70.6 cm³/mol. The lowest BCUT2D eigenvalue weighted by molar-refractivity contribution is -0.0422. The summed E-state index contributed by atoms with van der Waals surface area (Å²) in [7, 11) is 0. The molecule has 0 aliphatic carbocycles. The first kappa shape index (κ1) is 12.4. The lowest BCUT2D eigenvalue weighted by Crippen LogP contribution is -2.29. The van der Waals surface area contributed by atoms with Crippen LogP contribution in [-0.4, -0.2) is 6.10 Å². The van der Waals surface area contributed by atoms with Crippen molar-refractivity contribution >= 4 is 0 Å². The van der Waals surface area contributed by atoms with E-state index in [1.165, 1.54) is 11.1 Å². The second kappa shape index (κ2) is 5.50. The molecule has 1 aliphatic rings. The van der Waals surface area contributed by atoms with Gasteiger partial charge in [-0.05, 0) is 42.9 Å². The van der Waals surface area contributed by atoms with Crippen molar-refractivity contribution < 1.29 is 4.74 Å². The van der Waals surface area contributed by atoms with Crippen LogP contribution in [0.25, 0.3) is 0 Å². The topological polar surface area (TPSA) is 9.23 Å². The van der Waals surface area contributed by atoms with Crippen LogP contribution in [0.15, 0.2) is 35.9 Å². The molecule has 1 aliphatic heterocycles. The molecule has 2 atom stereocenters. The standard InChI is InChI=1S/C16H21O/c1-4-13-10-11-15(17-16(13)12(2)3)14-8-6-5-7-9-14/h5-9,12,15-16H,10-11H2,1-3H3. The maximum absolute atomic E-state index is 6.24. The van der Waals surface area contributed by atoms with Gasteiger partial charge < -0.3 is 4.74 Å². The summed E-state index contributed by atoms with van der Waals surface area (Å²) in [6.45, 7) is 6.43. The minimum absolute atomic E-state index is 0.235. The van der Waals surface area contributed by atoms with E-state index in [4.69, 9.17) is 4.74 Å². The monoisotopic (exact) mass is 229 g/mol. The smallest absolute Gasteiger partial charge is 0.0836 e. The van der Waals surface area contributed by atoms with E-state index < -0.39 is 0 Å². The van der Waals surface area contributed by atoms with Gasteiger partial charge in [0.25, 0.3) is 0 Å². The number of allylic oxidation sites excluding steroid dienone is 1. The first-order valence-electron chi connectivity index (χ1n) is 6.46. The fraction of sp³-hybridized carbons (Fsp3) is 0.500. The molecule has 0 aromatic heterocycles. The highest BCUT2D eigenvalue weighted by Crippen LogP contribution is 2.36. The number of rotatable bonds is 2. The third-order valence-corrected chi connectivity index (χ3v) is 3.43. The van der Waals surface area contributed by atoms with Gasteiger partial charge in [0.2, 0.25) is 0 Å². The van der Waals surface area contributed by atoms with Gasteiger partial charge in [-0.3, -0.25) is 0 Å². The first-order chi connectivity index (χ1) is 8.22. The van der Waals surface area contributed by atoms with Crippen LogP contribution in [0.5, 0.6) is 0 Å². The van der Waals surface area contributed by atoms with Crippen molar-refractivity contribution in [2.45, 2.75) is 45.8 Å². The molecule has 2 unspecified atom stereocenters. The van der Waals surface area contributed by atoms with Crippen LogP contribution >= 0.6 is 0 Å². The van der Waals surface area contributed by atoms with Crippen LogP contribution in [0, 0.1) is 12.0 Å². The van der Waals surface area contributed by atoms with Crippen molar-refractivity contribution in [1.82, 2.24) is 0 Å². The minimum Gasteiger partial charge on any atom is -0.366 e. The Hall–Kier alpha value is -1.08. The van der Waals surface area contributed by atoms with E-state index in [9.17, 15) is 0 Å². The van der Waals surface area contributed by atoms with Gasteiger partial charge in [0.15, 0.2) is 0 Å². The maximum atomic E-state index is 6.24. The van der Waals surface area contributed by atoms with Crippen LogP contribution < -0.4 is 0 Å². The minimum atomic E-state index is 0.235. The molecule has 0 amide bonds. The Bertz CT molecular complexity index is 378. The average molecular weight is 229 g/mol. The van der Waals surface area contributed by atoms with E-state index in [0.717, 1.165) is 12.8 Å². The van der Waals surface area contributed by atoms with Crippen LogP contribution in [-0.2, 0) is 4.74 Å². The molecule has 0 saturated carbocycles. The van der Waals surface area contributed by atoms with Gasteiger partial charge in [0, 0.05) is 0 Å². The Morgan fingerprint density at radius 1 is 1.24 bits per heavy atom. The van der Waals surface area contributed by atoms with Crippen molar-refractivity contribution in [2.24, 2.45) is 5.92 Å². The zero-order chi connectivity index (χ0) is 12.3. The first-order valence-corrected chi connectivity index (χ1v) is 6.46. The molecular formula is C16H21O. The van der Waals surface area contributed by atoms with Crippen LogP contribution in [0.1, 0.15) is 45.3 Å². The van der Waals surface area contributed by atoms with E-state index in [-0.39, 0.29) is 12.2 Å². The summed E-state index contributed by atoms with van der Waals surface area (Å²) >= 11 is 0. The summed E-state index contributed by atoms with van der Waals surface area (Å²) in [5.41, 5.74) is 2.64. The lowest BCUT2D eigenvalue weighted by atomic mass is 9.89. The fourth-order valence-electron chi connectivity index (χ4n) is 2.50. The van der Waals surface area contributed by atoms with E-state index in [0.29, 0.717) is 5.92 Å². The van der Waals surface area contributed by atoms with Gasteiger partial charge in [0.05, 0.1) is 12.2 Å². The summed E-state index contributed by atoms with van der Waals surface area (Å²) in [6, 6.07) is 10.5. The second-order valence-electron chi connectivity index (χ2n) is 5.01. The summed E-state index contributed by atoms with van der Waals surface area (Å²) < 4.78 is 6.24. The number of hydrogen-bond donors (Lipinski definition) is 0. The molecule has 1 nitrogen and oxygen atoms in total. The third-order valence-electron chi connectivity index (χ3n) is 3.43. The molecule has 1 radical (unpaired) electrons. The van der Waals surface area contributed by atoms with Gasteiger partial charge in [0.1, 0.15) is 0 Å².